The number of carboxylic acid groups (broad SMARTS) is 1. The van der Waals surface area contributed by atoms with Gasteiger partial charge in [-0.3, -0.25) is 9.59 Å². The Morgan fingerprint density at radius 1 is 1.47 bits per heavy atom. The maximum absolute atomic E-state index is 11.5. The maximum Gasteiger partial charge on any atom is 0.306 e. The van der Waals surface area contributed by atoms with Crippen molar-refractivity contribution in [3.8, 4) is 0 Å². The molecule has 92 valence electrons. The highest BCUT2D eigenvalue weighted by atomic mass is 79.9. The molecular weight excluding hydrogens is 286 g/mol. The van der Waals surface area contributed by atoms with E-state index in [0.29, 0.717) is 5.69 Å². The van der Waals surface area contributed by atoms with Crippen molar-refractivity contribution in [3.63, 3.8) is 0 Å². The van der Waals surface area contributed by atoms with E-state index in [1.807, 2.05) is 19.1 Å². The van der Waals surface area contributed by atoms with E-state index in [4.69, 9.17) is 5.11 Å². The van der Waals surface area contributed by atoms with Crippen molar-refractivity contribution in [2.45, 2.75) is 20.3 Å². The van der Waals surface area contributed by atoms with Crippen molar-refractivity contribution in [2.24, 2.45) is 5.92 Å². The quantitative estimate of drug-likeness (QED) is 0.898. The third-order valence-corrected chi connectivity index (χ3v) is 3.24. The van der Waals surface area contributed by atoms with E-state index in [9.17, 15) is 9.59 Å². The van der Waals surface area contributed by atoms with E-state index < -0.39 is 11.9 Å². The number of hydrogen-bond acceptors (Lipinski definition) is 2. The molecule has 1 aromatic carbocycles. The molecule has 0 radical (unpaired) electrons. The van der Waals surface area contributed by atoms with Crippen LogP contribution in [-0.4, -0.2) is 17.0 Å². The average Bonchev–Trinajstić information content (AvgIpc) is 2.23. The number of halogens is 1. The Morgan fingerprint density at radius 2 is 2.12 bits per heavy atom. The van der Waals surface area contributed by atoms with Gasteiger partial charge in [0.05, 0.1) is 5.92 Å². The number of carboxylic acids is 1. The first-order chi connectivity index (χ1) is 7.90. The van der Waals surface area contributed by atoms with Gasteiger partial charge in [0.1, 0.15) is 0 Å². The molecule has 1 unspecified atom stereocenters. The lowest BCUT2D eigenvalue weighted by Crippen LogP contribution is -2.19. The van der Waals surface area contributed by atoms with Crippen LogP contribution in [0.25, 0.3) is 0 Å². The van der Waals surface area contributed by atoms with Gasteiger partial charge >= 0.3 is 5.97 Å². The Kier molecular flexibility index (Phi) is 4.69. The highest BCUT2D eigenvalue weighted by Gasteiger charge is 2.15. The molecule has 1 atom stereocenters. The van der Waals surface area contributed by atoms with Crippen molar-refractivity contribution in [3.05, 3.63) is 28.2 Å². The summed E-state index contributed by atoms with van der Waals surface area (Å²) < 4.78 is 0.967. The zero-order valence-corrected chi connectivity index (χ0v) is 11.2. The number of amides is 1. The summed E-state index contributed by atoms with van der Waals surface area (Å²) >= 11 is 3.36. The van der Waals surface area contributed by atoms with E-state index in [2.05, 4.69) is 21.2 Å². The van der Waals surface area contributed by atoms with Crippen LogP contribution in [0.1, 0.15) is 18.9 Å². The van der Waals surface area contributed by atoms with Crippen LogP contribution in [0.2, 0.25) is 0 Å². The van der Waals surface area contributed by atoms with Gasteiger partial charge in [0.15, 0.2) is 0 Å². The molecule has 5 heteroatoms. The summed E-state index contributed by atoms with van der Waals surface area (Å²) in [6.07, 6.45) is -0.0234. The van der Waals surface area contributed by atoms with Crippen LogP contribution >= 0.6 is 15.9 Å². The van der Waals surface area contributed by atoms with Gasteiger partial charge in [-0.05, 0) is 30.7 Å². The lowest BCUT2D eigenvalue weighted by atomic mass is 10.1. The van der Waals surface area contributed by atoms with Crippen LogP contribution < -0.4 is 5.32 Å². The summed E-state index contributed by atoms with van der Waals surface area (Å²) in [5.41, 5.74) is 1.68. The number of benzene rings is 1. The molecule has 4 nitrogen and oxygen atoms in total. The topological polar surface area (TPSA) is 66.4 Å². The number of carbonyl (C=O) groups is 2. The lowest BCUT2D eigenvalue weighted by molar-refractivity contribution is -0.142. The Balaban J connectivity index is 2.62. The van der Waals surface area contributed by atoms with Gasteiger partial charge in [-0.15, -0.1) is 0 Å². The first kappa shape index (κ1) is 13.7. The maximum atomic E-state index is 11.5. The van der Waals surface area contributed by atoms with Crippen molar-refractivity contribution in [2.75, 3.05) is 5.32 Å². The second kappa shape index (κ2) is 5.82. The van der Waals surface area contributed by atoms with Gasteiger partial charge in [0.25, 0.3) is 0 Å². The zero-order valence-electron chi connectivity index (χ0n) is 9.66. The molecule has 0 aliphatic heterocycles. The van der Waals surface area contributed by atoms with Crippen LogP contribution in [0.4, 0.5) is 5.69 Å². The second-order valence-electron chi connectivity index (χ2n) is 3.96. The van der Waals surface area contributed by atoms with Gasteiger partial charge in [-0.2, -0.15) is 0 Å². The predicted molar refractivity (Wildman–Crippen MR) is 68.9 cm³/mol. The summed E-state index contributed by atoms with van der Waals surface area (Å²) in [6, 6.07) is 5.43. The summed E-state index contributed by atoms with van der Waals surface area (Å²) in [4.78, 5) is 22.1. The van der Waals surface area contributed by atoms with Crippen LogP contribution in [-0.2, 0) is 9.59 Å². The Bertz CT molecular complexity index is 445. The van der Waals surface area contributed by atoms with Gasteiger partial charge < -0.3 is 10.4 Å². The van der Waals surface area contributed by atoms with E-state index in [1.165, 1.54) is 6.92 Å². The molecule has 0 bridgehead atoms. The van der Waals surface area contributed by atoms with Crippen molar-refractivity contribution < 1.29 is 14.7 Å². The fraction of sp³-hybridized carbons (Fsp3) is 0.333. The normalized spacial score (nSPS) is 11.9. The highest BCUT2D eigenvalue weighted by molar-refractivity contribution is 9.10. The van der Waals surface area contributed by atoms with Crippen LogP contribution in [0.15, 0.2) is 22.7 Å². The molecule has 1 rings (SSSR count). The molecule has 17 heavy (non-hydrogen) atoms. The van der Waals surface area contributed by atoms with Gasteiger partial charge in [0, 0.05) is 16.6 Å². The standard InChI is InChI=1S/C12H14BrNO3/c1-7-5-9(3-4-10(7)13)14-11(15)6-8(2)12(16)17/h3-5,8H,6H2,1-2H3,(H,14,15)(H,16,17). The molecule has 0 fully saturated rings. The number of carbonyl (C=O) groups excluding carboxylic acids is 1. The first-order valence-electron chi connectivity index (χ1n) is 5.19. The zero-order chi connectivity index (χ0) is 13.0. The van der Waals surface area contributed by atoms with Crippen LogP contribution in [0.5, 0.6) is 0 Å². The largest absolute Gasteiger partial charge is 0.481 e. The minimum Gasteiger partial charge on any atom is -0.481 e. The number of anilines is 1. The van der Waals surface area contributed by atoms with Crippen molar-refractivity contribution >= 4 is 33.5 Å². The third kappa shape index (κ3) is 4.19. The number of nitrogens with one attached hydrogen (secondary N) is 1. The van der Waals surface area contributed by atoms with E-state index in [-0.39, 0.29) is 12.3 Å². The van der Waals surface area contributed by atoms with E-state index >= 15 is 0 Å². The molecule has 0 spiro atoms. The number of aryl methyl sites for hydroxylation is 1. The number of hydrogen-bond donors (Lipinski definition) is 2. The summed E-state index contributed by atoms with van der Waals surface area (Å²) in [5, 5.41) is 11.4. The van der Waals surface area contributed by atoms with E-state index in [0.717, 1.165) is 10.0 Å². The first-order valence-corrected chi connectivity index (χ1v) is 5.98. The average molecular weight is 300 g/mol. The minimum absolute atomic E-state index is 0.0234. The van der Waals surface area contributed by atoms with Crippen molar-refractivity contribution in [1.82, 2.24) is 0 Å². The predicted octanol–water partition coefficient (Wildman–Crippen LogP) is 2.81. The molecule has 1 amide bonds. The van der Waals surface area contributed by atoms with Crippen molar-refractivity contribution in [1.29, 1.82) is 0 Å². The highest BCUT2D eigenvalue weighted by Crippen LogP contribution is 2.20. The molecule has 0 heterocycles. The van der Waals surface area contributed by atoms with Crippen LogP contribution in [0, 0.1) is 12.8 Å². The summed E-state index contributed by atoms with van der Waals surface area (Å²) in [5.74, 6) is -1.93. The van der Waals surface area contributed by atoms with Crippen LogP contribution in [0.3, 0.4) is 0 Å². The van der Waals surface area contributed by atoms with E-state index in [1.54, 1.807) is 6.07 Å². The third-order valence-electron chi connectivity index (χ3n) is 2.35. The SMILES string of the molecule is Cc1cc(NC(=O)CC(C)C(=O)O)ccc1Br. The minimum atomic E-state index is -0.966. The smallest absolute Gasteiger partial charge is 0.306 e. The summed E-state index contributed by atoms with van der Waals surface area (Å²) in [6.45, 7) is 3.42. The molecule has 0 aliphatic rings. The molecule has 0 aliphatic carbocycles. The Morgan fingerprint density at radius 3 is 2.65 bits per heavy atom. The fourth-order valence-electron chi connectivity index (χ4n) is 1.30. The lowest BCUT2D eigenvalue weighted by Gasteiger charge is -2.09. The van der Waals surface area contributed by atoms with Gasteiger partial charge in [-0.1, -0.05) is 22.9 Å². The molecular formula is C12H14BrNO3. The Labute approximate surface area is 108 Å². The molecule has 0 aromatic heterocycles. The van der Waals surface area contributed by atoms with Gasteiger partial charge in [0.2, 0.25) is 5.91 Å². The monoisotopic (exact) mass is 299 g/mol. The molecule has 1 aromatic rings. The summed E-state index contributed by atoms with van der Waals surface area (Å²) in [7, 11) is 0. The number of aliphatic carboxylic acids is 1. The molecule has 0 saturated heterocycles. The fourth-order valence-corrected chi connectivity index (χ4v) is 1.55. The molecule has 2 N–H and O–H groups in total. The second-order valence-corrected chi connectivity index (χ2v) is 4.81. The number of rotatable bonds is 4. The molecule has 0 saturated carbocycles. The Hall–Kier alpha value is -1.36. The van der Waals surface area contributed by atoms with Gasteiger partial charge in [-0.25, -0.2) is 0 Å².